The van der Waals surface area contributed by atoms with Crippen LogP contribution < -0.4 is 0 Å². The fourth-order valence-electron chi connectivity index (χ4n) is 5.73. The van der Waals surface area contributed by atoms with Crippen LogP contribution in [-0.2, 0) is 14.2 Å². The van der Waals surface area contributed by atoms with Gasteiger partial charge in [-0.15, -0.1) is 0 Å². The van der Waals surface area contributed by atoms with Gasteiger partial charge in [-0.3, -0.25) is 9.80 Å². The van der Waals surface area contributed by atoms with Gasteiger partial charge in [0.2, 0.25) is 11.8 Å². The molecular weight excluding hydrogens is 584 g/mol. The summed E-state index contributed by atoms with van der Waals surface area (Å²) in [5, 5.41) is 0. The Kier molecular flexibility index (Phi) is 10.0. The zero-order chi connectivity index (χ0) is 32.9. The lowest BCUT2D eigenvalue weighted by molar-refractivity contribution is 0.0202. The van der Waals surface area contributed by atoms with Crippen LogP contribution in [0.5, 0.6) is 0 Å². The predicted octanol–water partition coefficient (Wildman–Crippen LogP) is 7.97. The van der Waals surface area contributed by atoms with Crippen molar-refractivity contribution >= 4 is 18.1 Å². The number of aliphatic imine (C=N–C) groups is 1. The summed E-state index contributed by atoms with van der Waals surface area (Å²) in [6.07, 6.45) is 4.65. The Morgan fingerprint density at radius 3 is 1.91 bits per heavy atom. The highest BCUT2D eigenvalue weighted by molar-refractivity contribution is 5.87. The second-order valence-corrected chi connectivity index (χ2v) is 13.8. The number of hydrogen-bond donors (Lipinski definition) is 0. The first-order chi connectivity index (χ1) is 21.9. The first kappa shape index (κ1) is 33.0. The van der Waals surface area contributed by atoms with Crippen molar-refractivity contribution in [3.63, 3.8) is 0 Å². The normalized spacial score (nSPS) is 21.3. The van der Waals surface area contributed by atoms with Crippen molar-refractivity contribution in [3.05, 3.63) is 78.4 Å². The number of hydrogen-bond acceptors (Lipinski definition) is 8. The zero-order valence-electron chi connectivity index (χ0n) is 27.8. The van der Waals surface area contributed by atoms with Crippen LogP contribution >= 0.6 is 0 Å². The average molecular weight is 631 g/mol. The lowest BCUT2D eigenvalue weighted by Gasteiger charge is -2.28. The maximum Gasteiger partial charge on any atom is 0.410 e. The molecule has 3 atom stereocenters. The molecule has 6 rings (SSSR count). The summed E-state index contributed by atoms with van der Waals surface area (Å²) in [7, 11) is 0. The molecule has 10 nitrogen and oxygen atoms in total. The number of benzene rings is 2. The van der Waals surface area contributed by atoms with Crippen molar-refractivity contribution in [2.24, 2.45) is 4.99 Å². The van der Waals surface area contributed by atoms with E-state index in [1.807, 2.05) is 90.1 Å². The second kappa shape index (κ2) is 14.0. The molecule has 2 saturated heterocycles. The van der Waals surface area contributed by atoms with E-state index in [0.717, 1.165) is 42.5 Å². The van der Waals surface area contributed by atoms with Gasteiger partial charge in [-0.05, 0) is 72.8 Å². The minimum absolute atomic E-state index is 0.0206. The summed E-state index contributed by atoms with van der Waals surface area (Å²) in [5.41, 5.74) is 1.94. The molecule has 10 heteroatoms. The number of carbonyl (C=O) groups excluding carboxylic acids is 2. The highest BCUT2D eigenvalue weighted by Crippen LogP contribution is 2.34. The third-order valence-electron chi connectivity index (χ3n) is 7.78. The van der Waals surface area contributed by atoms with E-state index in [-0.39, 0.29) is 30.3 Å². The minimum atomic E-state index is -0.504. The van der Waals surface area contributed by atoms with E-state index < -0.39 is 11.2 Å². The number of amides is 2. The van der Waals surface area contributed by atoms with Crippen LogP contribution in [0, 0.1) is 0 Å². The Hall–Kier alpha value is -4.34. The molecule has 46 heavy (non-hydrogen) atoms. The molecule has 0 spiro atoms. The Balaban J connectivity index is 0.000000181. The summed E-state index contributed by atoms with van der Waals surface area (Å²) in [4.78, 5) is 37.5. The number of rotatable bonds is 4. The highest BCUT2D eigenvalue weighted by atomic mass is 16.6. The monoisotopic (exact) mass is 630 g/mol. The first-order valence-corrected chi connectivity index (χ1v) is 16.1. The van der Waals surface area contributed by atoms with Gasteiger partial charge in [-0.1, -0.05) is 60.7 Å². The number of aromatic nitrogens is 1. The van der Waals surface area contributed by atoms with Gasteiger partial charge in [0.05, 0.1) is 0 Å². The fourth-order valence-corrected chi connectivity index (χ4v) is 5.73. The predicted molar refractivity (Wildman–Crippen MR) is 175 cm³/mol. The van der Waals surface area contributed by atoms with Crippen molar-refractivity contribution < 1.29 is 28.2 Å². The number of nitrogens with zero attached hydrogens (tertiary/aromatic N) is 4. The van der Waals surface area contributed by atoms with Crippen molar-refractivity contribution in [1.82, 2.24) is 14.8 Å². The van der Waals surface area contributed by atoms with E-state index in [9.17, 15) is 9.59 Å². The fraction of sp³-hybridized carbons (Fsp3) is 0.500. The molecule has 0 radical (unpaired) electrons. The summed E-state index contributed by atoms with van der Waals surface area (Å²) < 4.78 is 22.4. The number of oxazole rings is 1. The molecule has 0 N–H and O–H groups in total. The molecule has 0 saturated carbocycles. The highest BCUT2D eigenvalue weighted by Gasteiger charge is 2.39. The number of carbonyl (C=O) groups is 2. The van der Waals surface area contributed by atoms with E-state index in [1.165, 1.54) is 0 Å². The smallest absolute Gasteiger partial charge is 0.410 e. The van der Waals surface area contributed by atoms with Crippen molar-refractivity contribution in [2.75, 3.05) is 19.7 Å². The topological polar surface area (TPSA) is 107 Å². The van der Waals surface area contributed by atoms with Crippen LogP contribution in [0.3, 0.4) is 0 Å². The molecule has 246 valence electrons. The van der Waals surface area contributed by atoms with Crippen LogP contribution in [0.2, 0.25) is 0 Å². The van der Waals surface area contributed by atoms with Gasteiger partial charge in [0.15, 0.2) is 0 Å². The van der Waals surface area contributed by atoms with Gasteiger partial charge in [0, 0.05) is 18.7 Å². The third-order valence-corrected chi connectivity index (χ3v) is 7.78. The lowest BCUT2D eigenvalue weighted by Crippen LogP contribution is -2.43. The average Bonchev–Trinajstić information content (AvgIpc) is 3.83. The van der Waals surface area contributed by atoms with Crippen LogP contribution in [0.1, 0.15) is 90.8 Å². The van der Waals surface area contributed by atoms with E-state index in [0.29, 0.717) is 31.5 Å². The summed E-state index contributed by atoms with van der Waals surface area (Å²) >= 11 is 0. The third kappa shape index (κ3) is 8.47. The Morgan fingerprint density at radius 2 is 1.33 bits per heavy atom. The van der Waals surface area contributed by atoms with Crippen molar-refractivity contribution in [3.8, 4) is 11.3 Å². The van der Waals surface area contributed by atoms with Gasteiger partial charge in [0.1, 0.15) is 47.9 Å². The summed E-state index contributed by atoms with van der Waals surface area (Å²) in [5.74, 6) is 1.24. The van der Waals surface area contributed by atoms with E-state index in [4.69, 9.17) is 23.6 Å². The molecule has 3 aliphatic heterocycles. The number of likely N-dealkylation sites (tertiary alicyclic amines) is 2. The van der Waals surface area contributed by atoms with Gasteiger partial charge in [0.25, 0.3) is 0 Å². The molecule has 2 amide bonds. The van der Waals surface area contributed by atoms with Crippen LogP contribution in [0.4, 0.5) is 9.59 Å². The Bertz CT molecular complexity index is 1490. The molecule has 0 unspecified atom stereocenters. The molecule has 3 aromatic rings. The van der Waals surface area contributed by atoms with Crippen LogP contribution in [0.15, 0.2) is 76.3 Å². The van der Waals surface area contributed by atoms with Gasteiger partial charge in [-0.25, -0.2) is 19.6 Å². The van der Waals surface area contributed by atoms with Crippen molar-refractivity contribution in [2.45, 2.75) is 96.6 Å². The van der Waals surface area contributed by atoms with E-state index in [2.05, 4.69) is 17.1 Å². The number of ether oxygens (including phenoxy) is 3. The van der Waals surface area contributed by atoms with Crippen molar-refractivity contribution in [1.29, 1.82) is 0 Å². The molecule has 1 aromatic heterocycles. The quantitative estimate of drug-likeness (QED) is 0.288. The summed E-state index contributed by atoms with van der Waals surface area (Å²) in [6.45, 7) is 13.2. The standard InChI is InChI=1S/C18H24N2O3.C18H22N2O3/c2*1-18(2,3)23-17(21)20-11-7-10-15(20)16-19-14(12-22-16)13-8-5-4-6-9-13/h4-6,8-9,14-15H,7,10-12H2,1-3H3;4-6,8-9,12,15H,7,10-11H2,1-3H3/t14-,15-;15-/m00/s1. The van der Waals surface area contributed by atoms with Gasteiger partial charge in [-0.2, -0.15) is 0 Å². The lowest BCUT2D eigenvalue weighted by atomic mass is 10.1. The Labute approximate surface area is 271 Å². The SMILES string of the molecule is CC(C)(C)OC(=O)N1CCC[C@H]1C1=N[C@H](c2ccccc2)CO1.CC(C)(C)OC(=O)N1CCC[C@H]1c1nc(-c2ccccc2)co1. The van der Waals surface area contributed by atoms with Crippen LogP contribution in [0.25, 0.3) is 11.3 Å². The molecule has 0 aliphatic carbocycles. The molecular formula is C36H46N4O6. The zero-order valence-corrected chi connectivity index (χ0v) is 27.8. The van der Waals surface area contributed by atoms with E-state index in [1.54, 1.807) is 16.1 Å². The van der Waals surface area contributed by atoms with Gasteiger partial charge >= 0.3 is 12.2 Å². The van der Waals surface area contributed by atoms with Crippen LogP contribution in [-0.4, -0.2) is 69.8 Å². The maximum absolute atomic E-state index is 12.4. The first-order valence-electron chi connectivity index (χ1n) is 16.1. The maximum atomic E-state index is 12.4. The van der Waals surface area contributed by atoms with Gasteiger partial charge < -0.3 is 18.6 Å². The largest absolute Gasteiger partial charge is 0.477 e. The molecule has 2 aromatic carbocycles. The molecule has 4 heterocycles. The summed E-state index contributed by atoms with van der Waals surface area (Å²) in [6, 6.07) is 19.8. The Morgan fingerprint density at radius 1 is 0.783 bits per heavy atom. The molecule has 2 fully saturated rings. The van der Waals surface area contributed by atoms with E-state index >= 15 is 0 Å². The molecule has 3 aliphatic rings. The minimum Gasteiger partial charge on any atom is -0.477 e. The second-order valence-electron chi connectivity index (χ2n) is 13.8. The molecule has 0 bridgehead atoms.